The van der Waals surface area contributed by atoms with Crippen LogP contribution >= 0.6 is 0 Å². The second kappa shape index (κ2) is 10.3. The number of para-hydroxylation sites is 1. The summed E-state index contributed by atoms with van der Waals surface area (Å²) in [6.45, 7) is 3.23. The molecular formula is C25H31N5O. The van der Waals surface area contributed by atoms with Crippen LogP contribution in [0.4, 0.5) is 11.4 Å². The van der Waals surface area contributed by atoms with Crippen molar-refractivity contribution in [3.63, 3.8) is 0 Å². The molecule has 6 heteroatoms. The van der Waals surface area contributed by atoms with Crippen LogP contribution in [-0.2, 0) is 11.3 Å². The number of likely N-dealkylation sites (N-methyl/N-ethyl adjacent to an activating group) is 1. The van der Waals surface area contributed by atoms with Crippen LogP contribution in [0.2, 0.25) is 0 Å². The maximum absolute atomic E-state index is 12.5. The summed E-state index contributed by atoms with van der Waals surface area (Å²) in [4.78, 5) is 16.9. The minimum Gasteiger partial charge on any atom is -0.372 e. The van der Waals surface area contributed by atoms with Crippen LogP contribution < -0.4 is 10.2 Å². The molecule has 1 N–H and O–H groups in total. The maximum atomic E-state index is 12.5. The van der Waals surface area contributed by atoms with E-state index >= 15 is 0 Å². The first-order valence-electron chi connectivity index (χ1n) is 11.1. The SMILES string of the molecule is CN(CC(=O)Nc1ccc(N2CCCCCC2)cc1)Cc1cnn(-c2ccccc2)c1. The third-order valence-corrected chi connectivity index (χ3v) is 5.65. The molecule has 0 radical (unpaired) electrons. The highest BCUT2D eigenvalue weighted by molar-refractivity contribution is 5.92. The van der Waals surface area contributed by atoms with Crippen molar-refractivity contribution < 1.29 is 4.79 Å². The lowest BCUT2D eigenvalue weighted by Crippen LogP contribution is -2.29. The first-order chi connectivity index (χ1) is 15.2. The van der Waals surface area contributed by atoms with Gasteiger partial charge in [0.1, 0.15) is 0 Å². The van der Waals surface area contributed by atoms with Gasteiger partial charge in [-0.05, 0) is 56.3 Å². The van der Waals surface area contributed by atoms with Crippen molar-refractivity contribution in [2.75, 3.05) is 36.9 Å². The topological polar surface area (TPSA) is 53.4 Å². The van der Waals surface area contributed by atoms with E-state index in [4.69, 9.17) is 0 Å². The molecule has 1 aliphatic heterocycles. The van der Waals surface area contributed by atoms with Crippen molar-refractivity contribution in [1.29, 1.82) is 0 Å². The largest absolute Gasteiger partial charge is 0.372 e. The number of benzene rings is 2. The molecule has 3 aromatic rings. The molecule has 6 nitrogen and oxygen atoms in total. The van der Waals surface area contributed by atoms with Gasteiger partial charge in [0.25, 0.3) is 0 Å². The Morgan fingerprint density at radius 2 is 1.68 bits per heavy atom. The monoisotopic (exact) mass is 417 g/mol. The Morgan fingerprint density at radius 1 is 0.968 bits per heavy atom. The third kappa shape index (κ3) is 5.95. The highest BCUT2D eigenvalue weighted by atomic mass is 16.2. The normalized spacial score (nSPS) is 14.5. The Bertz CT molecular complexity index is 959. The Hall–Kier alpha value is -3.12. The first-order valence-corrected chi connectivity index (χ1v) is 11.1. The van der Waals surface area contributed by atoms with Gasteiger partial charge >= 0.3 is 0 Å². The summed E-state index contributed by atoms with van der Waals surface area (Å²) in [5.74, 6) is -0.0135. The van der Waals surface area contributed by atoms with Gasteiger partial charge in [-0.2, -0.15) is 5.10 Å². The first kappa shape index (κ1) is 21.1. The second-order valence-electron chi connectivity index (χ2n) is 8.30. The summed E-state index contributed by atoms with van der Waals surface area (Å²) in [5, 5.41) is 7.44. The number of carbonyl (C=O) groups is 1. The number of rotatable bonds is 7. The van der Waals surface area contributed by atoms with Gasteiger partial charge in [0.05, 0.1) is 18.4 Å². The minimum atomic E-state index is -0.0135. The van der Waals surface area contributed by atoms with Crippen LogP contribution in [0.5, 0.6) is 0 Å². The molecule has 0 unspecified atom stereocenters. The number of hydrogen-bond acceptors (Lipinski definition) is 4. The molecule has 1 aliphatic rings. The van der Waals surface area contributed by atoms with Crippen LogP contribution in [0, 0.1) is 0 Å². The second-order valence-corrected chi connectivity index (χ2v) is 8.30. The molecule has 0 aliphatic carbocycles. The van der Waals surface area contributed by atoms with E-state index in [1.165, 1.54) is 31.4 Å². The molecule has 162 valence electrons. The number of anilines is 2. The van der Waals surface area contributed by atoms with E-state index in [2.05, 4.69) is 27.4 Å². The maximum Gasteiger partial charge on any atom is 0.238 e. The van der Waals surface area contributed by atoms with Crippen molar-refractivity contribution in [3.8, 4) is 5.69 Å². The lowest BCUT2D eigenvalue weighted by Gasteiger charge is -2.23. The number of nitrogens with zero attached hydrogens (tertiary/aromatic N) is 4. The van der Waals surface area contributed by atoms with Gasteiger partial charge in [0.2, 0.25) is 5.91 Å². The summed E-state index contributed by atoms with van der Waals surface area (Å²) < 4.78 is 1.86. The molecule has 1 amide bonds. The summed E-state index contributed by atoms with van der Waals surface area (Å²) in [5.41, 5.74) is 4.18. The molecule has 0 saturated carbocycles. The van der Waals surface area contributed by atoms with E-state index in [1.807, 2.05) is 71.5 Å². The highest BCUT2D eigenvalue weighted by Crippen LogP contribution is 2.21. The molecule has 2 heterocycles. The molecular weight excluding hydrogens is 386 g/mol. The zero-order valence-corrected chi connectivity index (χ0v) is 18.2. The minimum absolute atomic E-state index is 0.0135. The summed E-state index contributed by atoms with van der Waals surface area (Å²) >= 11 is 0. The van der Waals surface area contributed by atoms with Gasteiger partial charge in [-0.25, -0.2) is 4.68 Å². The van der Waals surface area contributed by atoms with Gasteiger partial charge in [-0.1, -0.05) is 31.0 Å². The molecule has 4 rings (SSSR count). The van der Waals surface area contributed by atoms with E-state index in [1.54, 1.807) is 0 Å². The Morgan fingerprint density at radius 3 is 2.39 bits per heavy atom. The molecule has 1 fully saturated rings. The number of carbonyl (C=O) groups excluding carboxylic acids is 1. The molecule has 2 aromatic carbocycles. The van der Waals surface area contributed by atoms with E-state index in [-0.39, 0.29) is 5.91 Å². The number of amides is 1. The average molecular weight is 418 g/mol. The van der Waals surface area contributed by atoms with Crippen LogP contribution in [0.1, 0.15) is 31.2 Å². The van der Waals surface area contributed by atoms with E-state index < -0.39 is 0 Å². The molecule has 31 heavy (non-hydrogen) atoms. The average Bonchev–Trinajstić information content (AvgIpc) is 3.07. The van der Waals surface area contributed by atoms with E-state index in [0.29, 0.717) is 13.1 Å². The molecule has 0 spiro atoms. The molecule has 0 bridgehead atoms. The van der Waals surface area contributed by atoms with Crippen LogP contribution in [0.15, 0.2) is 67.0 Å². The van der Waals surface area contributed by atoms with Crippen LogP contribution in [0.25, 0.3) is 5.69 Å². The predicted octanol–water partition coefficient (Wildman–Crippen LogP) is 4.32. The van der Waals surface area contributed by atoms with E-state index in [9.17, 15) is 4.79 Å². The summed E-state index contributed by atoms with van der Waals surface area (Å²) in [6.07, 6.45) is 9.02. The van der Waals surface area contributed by atoms with Crippen LogP contribution in [-0.4, -0.2) is 47.3 Å². The fourth-order valence-electron chi connectivity index (χ4n) is 4.06. The number of nitrogens with one attached hydrogen (secondary N) is 1. The van der Waals surface area contributed by atoms with Crippen LogP contribution in [0.3, 0.4) is 0 Å². The quantitative estimate of drug-likeness (QED) is 0.622. The smallest absolute Gasteiger partial charge is 0.238 e. The molecule has 0 atom stereocenters. The van der Waals surface area contributed by atoms with E-state index in [0.717, 1.165) is 30.0 Å². The number of hydrogen-bond donors (Lipinski definition) is 1. The van der Waals surface area contributed by atoms with Crippen molar-refractivity contribution >= 4 is 17.3 Å². The molecule has 1 aromatic heterocycles. The lowest BCUT2D eigenvalue weighted by atomic mass is 10.2. The zero-order chi connectivity index (χ0) is 21.5. The van der Waals surface area contributed by atoms with Gasteiger partial charge in [0, 0.05) is 42.8 Å². The van der Waals surface area contributed by atoms with Crippen molar-refractivity contribution in [1.82, 2.24) is 14.7 Å². The van der Waals surface area contributed by atoms with Gasteiger partial charge in [-0.3, -0.25) is 9.69 Å². The Kier molecular flexibility index (Phi) is 6.99. The summed E-state index contributed by atoms with van der Waals surface area (Å²) in [6, 6.07) is 18.2. The number of aromatic nitrogens is 2. The lowest BCUT2D eigenvalue weighted by molar-refractivity contribution is -0.117. The van der Waals surface area contributed by atoms with Crippen molar-refractivity contribution in [2.24, 2.45) is 0 Å². The Labute approximate surface area is 184 Å². The standard InChI is InChI=1S/C25H31N5O/c1-28(18-21-17-26-30(19-21)24-9-5-4-6-10-24)20-25(31)27-22-11-13-23(14-12-22)29-15-7-2-3-8-16-29/h4-6,9-14,17,19H,2-3,7-8,15-16,18,20H2,1H3,(H,27,31). The van der Waals surface area contributed by atoms with Gasteiger partial charge in [0.15, 0.2) is 0 Å². The highest BCUT2D eigenvalue weighted by Gasteiger charge is 2.12. The Balaban J connectivity index is 1.27. The van der Waals surface area contributed by atoms with Gasteiger partial charge in [-0.15, -0.1) is 0 Å². The molecule has 1 saturated heterocycles. The summed E-state index contributed by atoms with van der Waals surface area (Å²) in [7, 11) is 1.95. The predicted molar refractivity (Wildman–Crippen MR) is 126 cm³/mol. The van der Waals surface area contributed by atoms with Crippen molar-refractivity contribution in [2.45, 2.75) is 32.2 Å². The third-order valence-electron chi connectivity index (χ3n) is 5.65. The fraction of sp³-hybridized carbons (Fsp3) is 0.360. The zero-order valence-electron chi connectivity index (χ0n) is 18.2. The van der Waals surface area contributed by atoms with Gasteiger partial charge < -0.3 is 10.2 Å². The van der Waals surface area contributed by atoms with Crippen molar-refractivity contribution in [3.05, 3.63) is 72.6 Å². The fourth-order valence-corrected chi connectivity index (χ4v) is 4.06.